The highest BCUT2D eigenvalue weighted by Gasteiger charge is 2.14. The molecule has 3 rings (SSSR count). The summed E-state index contributed by atoms with van der Waals surface area (Å²) in [5.74, 6) is 0.406. The van der Waals surface area contributed by atoms with Gasteiger partial charge in [-0.2, -0.15) is 0 Å². The lowest BCUT2D eigenvalue weighted by Crippen LogP contribution is -2.15. The molecule has 0 saturated carbocycles. The van der Waals surface area contributed by atoms with Crippen LogP contribution in [0.4, 0.5) is 17.2 Å². The largest absolute Gasteiger partial charge is 0.354 e. The zero-order chi connectivity index (χ0) is 20.3. The van der Waals surface area contributed by atoms with E-state index >= 15 is 0 Å². The van der Waals surface area contributed by atoms with E-state index in [-0.39, 0.29) is 17.4 Å². The van der Waals surface area contributed by atoms with Gasteiger partial charge in [0, 0.05) is 36.1 Å². The average molecular weight is 376 g/mol. The molecule has 2 aromatic heterocycles. The second kappa shape index (κ2) is 8.08. The highest BCUT2D eigenvalue weighted by atomic mass is 16.1. The minimum atomic E-state index is -0.182. The summed E-state index contributed by atoms with van der Waals surface area (Å²) in [7, 11) is 0. The number of amides is 1. The predicted molar refractivity (Wildman–Crippen MR) is 113 cm³/mol. The molecular weight excluding hydrogens is 352 g/mol. The first-order valence-electron chi connectivity index (χ1n) is 9.18. The van der Waals surface area contributed by atoms with Crippen LogP contribution in [0.15, 0.2) is 53.5 Å². The number of aromatic nitrogens is 2. The van der Waals surface area contributed by atoms with Crippen LogP contribution in [0.3, 0.4) is 0 Å². The Hall–Kier alpha value is -3.41. The summed E-state index contributed by atoms with van der Waals surface area (Å²) in [6, 6.07) is 13.3. The van der Waals surface area contributed by atoms with Gasteiger partial charge in [0.2, 0.25) is 5.91 Å². The van der Waals surface area contributed by atoms with E-state index in [1.807, 2.05) is 57.2 Å². The first-order chi connectivity index (χ1) is 13.3. The highest BCUT2D eigenvalue weighted by molar-refractivity contribution is 5.88. The summed E-state index contributed by atoms with van der Waals surface area (Å²) in [6.07, 6.45) is 1.62. The Bertz CT molecular complexity index is 1070. The van der Waals surface area contributed by atoms with Crippen molar-refractivity contribution >= 4 is 23.1 Å². The SMILES string of the molecule is CC(=O)Nc1cc(Nc2cc(-c3cccc(C)c3)c(=O)[nH]c2C(C)C)ccn1. The maximum atomic E-state index is 12.7. The van der Waals surface area contributed by atoms with Crippen molar-refractivity contribution in [1.82, 2.24) is 9.97 Å². The summed E-state index contributed by atoms with van der Waals surface area (Å²) in [4.78, 5) is 31.1. The van der Waals surface area contributed by atoms with Crippen molar-refractivity contribution in [2.45, 2.75) is 33.6 Å². The molecule has 0 aliphatic carbocycles. The molecule has 3 N–H and O–H groups in total. The van der Waals surface area contributed by atoms with E-state index in [1.54, 1.807) is 12.3 Å². The molecule has 1 aromatic carbocycles. The number of rotatable bonds is 5. The van der Waals surface area contributed by atoms with Gasteiger partial charge in [-0.05, 0) is 30.5 Å². The fourth-order valence-electron chi connectivity index (χ4n) is 3.04. The number of pyridine rings is 2. The van der Waals surface area contributed by atoms with Crippen molar-refractivity contribution in [3.05, 3.63) is 70.3 Å². The van der Waals surface area contributed by atoms with Gasteiger partial charge in [0.15, 0.2) is 0 Å². The van der Waals surface area contributed by atoms with Gasteiger partial charge in [-0.3, -0.25) is 9.59 Å². The first-order valence-corrected chi connectivity index (χ1v) is 9.18. The lowest BCUT2D eigenvalue weighted by molar-refractivity contribution is -0.114. The summed E-state index contributed by atoms with van der Waals surface area (Å²) in [5.41, 5.74) is 4.84. The second-order valence-electron chi connectivity index (χ2n) is 7.10. The molecule has 0 bridgehead atoms. The van der Waals surface area contributed by atoms with E-state index in [2.05, 4.69) is 20.6 Å². The number of nitrogens with one attached hydrogen (secondary N) is 3. The number of carbonyl (C=O) groups excluding carboxylic acids is 1. The Labute approximate surface area is 164 Å². The number of anilines is 3. The molecule has 0 spiro atoms. The molecule has 0 unspecified atom stereocenters. The van der Waals surface area contributed by atoms with Crippen LogP contribution in [0.5, 0.6) is 0 Å². The fourth-order valence-corrected chi connectivity index (χ4v) is 3.04. The van der Waals surface area contributed by atoms with Gasteiger partial charge >= 0.3 is 0 Å². The van der Waals surface area contributed by atoms with Gasteiger partial charge < -0.3 is 15.6 Å². The zero-order valence-electron chi connectivity index (χ0n) is 16.5. The molecule has 6 heteroatoms. The van der Waals surface area contributed by atoms with Crippen LogP contribution >= 0.6 is 0 Å². The number of H-pyrrole nitrogens is 1. The smallest absolute Gasteiger partial charge is 0.256 e. The van der Waals surface area contributed by atoms with Crippen LogP contribution in [-0.4, -0.2) is 15.9 Å². The van der Waals surface area contributed by atoms with E-state index < -0.39 is 0 Å². The van der Waals surface area contributed by atoms with E-state index in [0.717, 1.165) is 28.2 Å². The Morgan fingerprint density at radius 3 is 2.61 bits per heavy atom. The molecule has 0 radical (unpaired) electrons. The van der Waals surface area contributed by atoms with E-state index in [9.17, 15) is 9.59 Å². The van der Waals surface area contributed by atoms with Crippen molar-refractivity contribution in [1.29, 1.82) is 0 Å². The third-order valence-electron chi connectivity index (χ3n) is 4.32. The van der Waals surface area contributed by atoms with Gasteiger partial charge in [0.25, 0.3) is 5.56 Å². The quantitative estimate of drug-likeness (QED) is 0.609. The minimum absolute atomic E-state index is 0.117. The molecule has 0 aliphatic rings. The van der Waals surface area contributed by atoms with Crippen LogP contribution in [0, 0.1) is 6.92 Å². The monoisotopic (exact) mass is 376 g/mol. The van der Waals surface area contributed by atoms with Crippen LogP contribution in [0.25, 0.3) is 11.1 Å². The number of hydrogen-bond donors (Lipinski definition) is 3. The zero-order valence-corrected chi connectivity index (χ0v) is 16.5. The fraction of sp³-hybridized carbons (Fsp3) is 0.227. The van der Waals surface area contributed by atoms with Crippen LogP contribution in [0.2, 0.25) is 0 Å². The third kappa shape index (κ3) is 4.46. The normalized spacial score (nSPS) is 10.8. The summed E-state index contributed by atoms with van der Waals surface area (Å²) >= 11 is 0. The Balaban J connectivity index is 2.05. The average Bonchev–Trinajstić information content (AvgIpc) is 2.62. The molecule has 1 amide bonds. The topological polar surface area (TPSA) is 86.9 Å². The molecule has 0 aliphatic heterocycles. The Morgan fingerprint density at radius 2 is 1.93 bits per heavy atom. The molecule has 144 valence electrons. The number of carbonyl (C=O) groups is 1. The maximum Gasteiger partial charge on any atom is 0.256 e. The van der Waals surface area contributed by atoms with Crippen molar-refractivity contribution in [3.63, 3.8) is 0 Å². The first kappa shape index (κ1) is 19.4. The predicted octanol–water partition coefficient (Wildman–Crippen LogP) is 4.57. The van der Waals surface area contributed by atoms with Gasteiger partial charge in [0.05, 0.1) is 5.69 Å². The van der Waals surface area contributed by atoms with Crippen LogP contribution in [-0.2, 0) is 4.79 Å². The summed E-state index contributed by atoms with van der Waals surface area (Å²) in [6.45, 7) is 7.49. The number of aromatic amines is 1. The Kier molecular flexibility index (Phi) is 5.59. The van der Waals surface area contributed by atoms with E-state index in [4.69, 9.17) is 0 Å². The van der Waals surface area contributed by atoms with Crippen LogP contribution in [0.1, 0.15) is 37.9 Å². The molecule has 0 saturated heterocycles. The van der Waals surface area contributed by atoms with E-state index in [0.29, 0.717) is 11.4 Å². The molecule has 0 atom stereocenters. The molecule has 0 fully saturated rings. The summed E-state index contributed by atoms with van der Waals surface area (Å²) < 4.78 is 0. The number of benzene rings is 1. The van der Waals surface area contributed by atoms with Crippen molar-refractivity contribution in [3.8, 4) is 11.1 Å². The van der Waals surface area contributed by atoms with Gasteiger partial charge in [-0.1, -0.05) is 43.7 Å². The van der Waals surface area contributed by atoms with Crippen molar-refractivity contribution < 1.29 is 4.79 Å². The molecular formula is C22H24N4O2. The number of nitrogens with zero attached hydrogens (tertiary/aromatic N) is 1. The van der Waals surface area contributed by atoms with Gasteiger partial charge in [-0.15, -0.1) is 0 Å². The van der Waals surface area contributed by atoms with Gasteiger partial charge in [-0.25, -0.2) is 4.98 Å². The Morgan fingerprint density at radius 1 is 1.14 bits per heavy atom. The van der Waals surface area contributed by atoms with Crippen LogP contribution < -0.4 is 16.2 Å². The minimum Gasteiger partial charge on any atom is -0.354 e. The standard InChI is InChI=1S/C22H24N4O2/c1-13(2)21-19(25-17-8-9-23-20(11-17)24-15(4)27)12-18(22(28)26-21)16-7-5-6-14(3)10-16/h5-13H,1-4H3,(H,26,28)(H2,23,24,25,27). The lowest BCUT2D eigenvalue weighted by Gasteiger charge is -2.16. The maximum absolute atomic E-state index is 12.7. The number of aryl methyl sites for hydroxylation is 1. The van der Waals surface area contributed by atoms with Gasteiger partial charge in [0.1, 0.15) is 5.82 Å². The highest BCUT2D eigenvalue weighted by Crippen LogP contribution is 2.29. The molecule has 2 heterocycles. The van der Waals surface area contributed by atoms with Crippen molar-refractivity contribution in [2.24, 2.45) is 0 Å². The molecule has 28 heavy (non-hydrogen) atoms. The second-order valence-corrected chi connectivity index (χ2v) is 7.10. The lowest BCUT2D eigenvalue weighted by atomic mass is 10.0. The number of hydrogen-bond acceptors (Lipinski definition) is 4. The molecule has 6 nitrogen and oxygen atoms in total. The summed E-state index contributed by atoms with van der Waals surface area (Å²) in [5, 5.41) is 6.03. The van der Waals surface area contributed by atoms with Crippen molar-refractivity contribution in [2.75, 3.05) is 10.6 Å². The molecule has 3 aromatic rings. The third-order valence-corrected chi connectivity index (χ3v) is 4.32. The van der Waals surface area contributed by atoms with E-state index in [1.165, 1.54) is 6.92 Å².